The van der Waals surface area contributed by atoms with Crippen molar-refractivity contribution in [3.63, 3.8) is 0 Å². The zero-order valence-electron chi connectivity index (χ0n) is 14.3. The number of carbonyl (C=O) groups is 1. The number of aryl methyl sites for hydroxylation is 1. The number of rotatable bonds is 5. The number of piperidine rings is 1. The molecule has 1 saturated carbocycles. The second kappa shape index (κ2) is 9.28. The molecule has 0 aromatic heterocycles. The minimum Gasteiger partial charge on any atom is -0.490 e. The highest BCUT2D eigenvalue weighted by molar-refractivity contribution is 5.85. The van der Waals surface area contributed by atoms with Gasteiger partial charge in [-0.05, 0) is 62.6 Å². The van der Waals surface area contributed by atoms with Gasteiger partial charge >= 0.3 is 0 Å². The molecule has 0 atom stereocenters. The van der Waals surface area contributed by atoms with Crippen LogP contribution in [0.2, 0.25) is 0 Å². The van der Waals surface area contributed by atoms with Crippen LogP contribution < -0.4 is 10.5 Å². The van der Waals surface area contributed by atoms with Gasteiger partial charge in [0.25, 0.3) is 0 Å². The lowest BCUT2D eigenvalue weighted by atomic mass is 10.0. The molecule has 0 bridgehead atoms. The summed E-state index contributed by atoms with van der Waals surface area (Å²) in [4.78, 5) is 14.3. The van der Waals surface area contributed by atoms with E-state index in [0.29, 0.717) is 12.5 Å². The van der Waals surface area contributed by atoms with E-state index in [9.17, 15) is 4.79 Å². The van der Waals surface area contributed by atoms with Crippen LogP contribution >= 0.6 is 12.4 Å². The molecule has 2 N–H and O–H groups in total. The molecule has 1 aliphatic carbocycles. The Labute approximate surface area is 151 Å². The van der Waals surface area contributed by atoms with Crippen molar-refractivity contribution >= 4 is 18.3 Å². The lowest BCUT2D eigenvalue weighted by Crippen LogP contribution is -2.42. The number of nitrogens with zero attached hydrogens (tertiary/aromatic N) is 1. The van der Waals surface area contributed by atoms with Gasteiger partial charge in [0.2, 0.25) is 5.91 Å². The van der Waals surface area contributed by atoms with E-state index in [-0.39, 0.29) is 24.4 Å². The minimum absolute atomic E-state index is 0. The quantitative estimate of drug-likeness (QED) is 0.884. The van der Waals surface area contributed by atoms with Gasteiger partial charge in [0.1, 0.15) is 5.75 Å². The number of hydrogen-bond acceptors (Lipinski definition) is 3. The fourth-order valence-corrected chi connectivity index (χ4v) is 3.53. The van der Waals surface area contributed by atoms with E-state index in [1.54, 1.807) is 0 Å². The Balaban J connectivity index is 0.00000208. The van der Waals surface area contributed by atoms with E-state index in [2.05, 4.69) is 12.1 Å². The molecule has 0 spiro atoms. The standard InChI is InChI=1S/C19H28N2O2.ClH/c20-16-10-12-21(13-11-16)19(22)9-8-15-4-3-7-18(14-15)23-17-5-1-2-6-17;/h3-4,7,14,16-17H,1-2,5-6,8-13,20H2;1H. The van der Waals surface area contributed by atoms with Crippen LogP contribution in [0.1, 0.15) is 50.5 Å². The van der Waals surface area contributed by atoms with Crippen LogP contribution in [0.15, 0.2) is 24.3 Å². The van der Waals surface area contributed by atoms with Crippen LogP contribution in [0.3, 0.4) is 0 Å². The van der Waals surface area contributed by atoms with Crippen molar-refractivity contribution in [1.29, 1.82) is 0 Å². The van der Waals surface area contributed by atoms with Gasteiger partial charge in [-0.25, -0.2) is 0 Å². The Morgan fingerprint density at radius 3 is 2.58 bits per heavy atom. The van der Waals surface area contributed by atoms with E-state index >= 15 is 0 Å². The highest BCUT2D eigenvalue weighted by Gasteiger charge is 2.20. The van der Waals surface area contributed by atoms with E-state index in [0.717, 1.165) is 38.1 Å². The normalized spacial score (nSPS) is 19.1. The summed E-state index contributed by atoms with van der Waals surface area (Å²) < 4.78 is 6.04. The molecule has 1 saturated heterocycles. The number of carbonyl (C=O) groups excluding carboxylic acids is 1. The van der Waals surface area contributed by atoms with Crippen molar-refractivity contribution in [2.24, 2.45) is 5.73 Å². The number of nitrogens with two attached hydrogens (primary N) is 1. The van der Waals surface area contributed by atoms with Crippen molar-refractivity contribution in [2.75, 3.05) is 13.1 Å². The summed E-state index contributed by atoms with van der Waals surface area (Å²) in [5, 5.41) is 0. The van der Waals surface area contributed by atoms with Gasteiger partial charge in [0.15, 0.2) is 0 Å². The average molecular weight is 353 g/mol. The number of ether oxygens (including phenoxy) is 1. The predicted molar refractivity (Wildman–Crippen MR) is 98.7 cm³/mol. The number of likely N-dealkylation sites (tertiary alicyclic amines) is 1. The Bertz CT molecular complexity index is 524. The predicted octanol–water partition coefficient (Wildman–Crippen LogP) is 3.31. The summed E-state index contributed by atoms with van der Waals surface area (Å²) in [5.41, 5.74) is 7.08. The smallest absolute Gasteiger partial charge is 0.222 e. The van der Waals surface area contributed by atoms with E-state index in [1.165, 1.54) is 31.2 Å². The molecule has 0 unspecified atom stereocenters. The third-order valence-corrected chi connectivity index (χ3v) is 5.02. The van der Waals surface area contributed by atoms with E-state index < -0.39 is 0 Å². The first-order valence-electron chi connectivity index (χ1n) is 8.99. The Morgan fingerprint density at radius 2 is 1.88 bits per heavy atom. The highest BCUT2D eigenvalue weighted by Crippen LogP contribution is 2.25. The molecule has 1 aromatic rings. The van der Waals surface area contributed by atoms with Gasteiger partial charge in [-0.2, -0.15) is 0 Å². The molecular weight excluding hydrogens is 324 g/mol. The topological polar surface area (TPSA) is 55.6 Å². The molecule has 134 valence electrons. The SMILES string of the molecule is Cl.NC1CCN(C(=O)CCc2cccc(OC3CCCC3)c2)CC1. The lowest BCUT2D eigenvalue weighted by Gasteiger charge is -2.30. The molecule has 2 aliphatic rings. The summed E-state index contributed by atoms with van der Waals surface area (Å²) in [7, 11) is 0. The lowest BCUT2D eigenvalue weighted by molar-refractivity contribution is -0.132. The van der Waals surface area contributed by atoms with Crippen LogP contribution in [0, 0.1) is 0 Å². The number of benzene rings is 1. The molecule has 1 aromatic carbocycles. The summed E-state index contributed by atoms with van der Waals surface area (Å²) in [6.45, 7) is 1.62. The van der Waals surface area contributed by atoms with Crippen LogP contribution in [-0.4, -0.2) is 36.0 Å². The Hall–Kier alpha value is -1.26. The third-order valence-electron chi connectivity index (χ3n) is 5.02. The molecule has 2 fully saturated rings. The fourth-order valence-electron chi connectivity index (χ4n) is 3.53. The van der Waals surface area contributed by atoms with Crippen molar-refractivity contribution < 1.29 is 9.53 Å². The average Bonchev–Trinajstić information content (AvgIpc) is 3.07. The Kier molecular flexibility index (Phi) is 7.38. The molecule has 24 heavy (non-hydrogen) atoms. The van der Waals surface area contributed by atoms with Crippen LogP contribution in [0.4, 0.5) is 0 Å². The van der Waals surface area contributed by atoms with Crippen molar-refractivity contribution in [2.45, 2.75) is 63.5 Å². The van der Waals surface area contributed by atoms with Crippen molar-refractivity contribution in [3.8, 4) is 5.75 Å². The third kappa shape index (κ3) is 5.38. The first kappa shape index (κ1) is 19.1. The van der Waals surface area contributed by atoms with Gasteiger partial charge < -0.3 is 15.4 Å². The van der Waals surface area contributed by atoms with Gasteiger partial charge in [-0.1, -0.05) is 12.1 Å². The summed E-state index contributed by atoms with van der Waals surface area (Å²) in [5.74, 6) is 1.20. The highest BCUT2D eigenvalue weighted by atomic mass is 35.5. The molecule has 5 heteroatoms. The second-order valence-corrected chi connectivity index (χ2v) is 6.89. The van der Waals surface area contributed by atoms with Crippen LogP contribution in [-0.2, 0) is 11.2 Å². The maximum absolute atomic E-state index is 12.3. The van der Waals surface area contributed by atoms with Crippen molar-refractivity contribution in [3.05, 3.63) is 29.8 Å². The zero-order chi connectivity index (χ0) is 16.1. The maximum Gasteiger partial charge on any atom is 0.222 e. The first-order valence-corrected chi connectivity index (χ1v) is 8.99. The van der Waals surface area contributed by atoms with E-state index in [4.69, 9.17) is 10.5 Å². The first-order chi connectivity index (χ1) is 11.2. The number of amides is 1. The van der Waals surface area contributed by atoms with Gasteiger partial charge in [-0.3, -0.25) is 4.79 Å². The molecule has 4 nitrogen and oxygen atoms in total. The summed E-state index contributed by atoms with van der Waals surface area (Å²) in [6.07, 6.45) is 8.47. The molecule has 1 aliphatic heterocycles. The van der Waals surface area contributed by atoms with Gasteiger partial charge in [0, 0.05) is 25.6 Å². The van der Waals surface area contributed by atoms with Crippen LogP contribution in [0.25, 0.3) is 0 Å². The Morgan fingerprint density at radius 1 is 1.17 bits per heavy atom. The summed E-state index contributed by atoms with van der Waals surface area (Å²) >= 11 is 0. The van der Waals surface area contributed by atoms with E-state index in [1.807, 2.05) is 17.0 Å². The molecule has 1 heterocycles. The van der Waals surface area contributed by atoms with Gasteiger partial charge in [-0.15, -0.1) is 12.4 Å². The van der Waals surface area contributed by atoms with Crippen molar-refractivity contribution in [1.82, 2.24) is 4.90 Å². The molecular formula is C19H29ClN2O2. The van der Waals surface area contributed by atoms with Gasteiger partial charge in [0.05, 0.1) is 6.10 Å². The second-order valence-electron chi connectivity index (χ2n) is 6.89. The monoisotopic (exact) mass is 352 g/mol. The molecule has 1 amide bonds. The largest absolute Gasteiger partial charge is 0.490 e. The molecule has 0 radical (unpaired) electrons. The maximum atomic E-state index is 12.3. The molecule has 3 rings (SSSR count). The number of hydrogen-bond donors (Lipinski definition) is 1. The number of halogens is 1. The van der Waals surface area contributed by atoms with Crippen LogP contribution in [0.5, 0.6) is 5.75 Å². The fraction of sp³-hybridized carbons (Fsp3) is 0.632. The summed E-state index contributed by atoms with van der Waals surface area (Å²) in [6, 6.07) is 8.50. The zero-order valence-corrected chi connectivity index (χ0v) is 15.1. The minimum atomic E-state index is 0.